The highest BCUT2D eigenvalue weighted by atomic mass is 16.4. The van der Waals surface area contributed by atoms with E-state index in [0.717, 1.165) is 11.1 Å². The van der Waals surface area contributed by atoms with Crippen LogP contribution in [0.4, 0.5) is 0 Å². The molecule has 4 nitrogen and oxygen atoms in total. The largest absolute Gasteiger partial charge is 0.479 e. The number of hydrogen-bond donors (Lipinski definition) is 2. The van der Waals surface area contributed by atoms with Crippen molar-refractivity contribution in [3.63, 3.8) is 0 Å². The van der Waals surface area contributed by atoms with Gasteiger partial charge < -0.3 is 10.2 Å². The lowest BCUT2D eigenvalue weighted by atomic mass is 9.97. The third-order valence-corrected chi connectivity index (χ3v) is 2.81. The third kappa shape index (κ3) is 2.62. The van der Waals surface area contributed by atoms with Gasteiger partial charge in [0.1, 0.15) is 0 Å². The van der Waals surface area contributed by atoms with Gasteiger partial charge in [0.05, 0.1) is 11.6 Å². The first-order valence-electron chi connectivity index (χ1n) is 5.64. The number of aliphatic carboxylic acids is 1. The summed E-state index contributed by atoms with van der Waals surface area (Å²) in [4.78, 5) is 10.8. The minimum absolute atomic E-state index is 0.106. The number of rotatable bonds is 3. The zero-order chi connectivity index (χ0) is 13.8. The minimum Gasteiger partial charge on any atom is -0.479 e. The Labute approximate surface area is 110 Å². The van der Waals surface area contributed by atoms with Crippen LogP contribution in [-0.2, 0) is 4.79 Å². The molecule has 0 fully saturated rings. The molecule has 0 aliphatic rings. The first-order chi connectivity index (χ1) is 9.13. The quantitative estimate of drug-likeness (QED) is 0.879. The molecule has 19 heavy (non-hydrogen) atoms. The number of hydrogen-bond acceptors (Lipinski definition) is 3. The number of carboxylic acid groups (broad SMARTS) is 1. The van der Waals surface area contributed by atoms with E-state index in [2.05, 4.69) is 0 Å². The van der Waals surface area contributed by atoms with Crippen LogP contribution in [0.1, 0.15) is 17.2 Å². The van der Waals surface area contributed by atoms with Crippen LogP contribution >= 0.6 is 0 Å². The lowest BCUT2D eigenvalue weighted by Gasteiger charge is -2.10. The van der Waals surface area contributed by atoms with Gasteiger partial charge in [0, 0.05) is 5.56 Å². The van der Waals surface area contributed by atoms with Crippen molar-refractivity contribution in [3.05, 3.63) is 59.7 Å². The van der Waals surface area contributed by atoms with Crippen LogP contribution in [0.15, 0.2) is 48.5 Å². The lowest BCUT2D eigenvalue weighted by molar-refractivity contribution is -0.146. The molecule has 1 unspecified atom stereocenters. The summed E-state index contributed by atoms with van der Waals surface area (Å²) in [6.07, 6.45) is -1.68. The lowest BCUT2D eigenvalue weighted by Crippen LogP contribution is -2.12. The van der Waals surface area contributed by atoms with Crippen LogP contribution in [0.3, 0.4) is 0 Å². The van der Waals surface area contributed by atoms with Crippen LogP contribution in [0.5, 0.6) is 0 Å². The van der Waals surface area contributed by atoms with Crippen molar-refractivity contribution >= 4 is 5.97 Å². The van der Waals surface area contributed by atoms with Crippen molar-refractivity contribution in [3.8, 4) is 17.2 Å². The molecule has 2 aromatic carbocycles. The van der Waals surface area contributed by atoms with Crippen LogP contribution in [0, 0.1) is 11.3 Å². The molecule has 4 heteroatoms. The second kappa shape index (κ2) is 5.34. The van der Waals surface area contributed by atoms with Crippen molar-refractivity contribution in [2.24, 2.45) is 0 Å². The number of benzene rings is 2. The van der Waals surface area contributed by atoms with E-state index in [1.807, 2.05) is 36.4 Å². The molecule has 0 amide bonds. The van der Waals surface area contributed by atoms with Gasteiger partial charge in [0.25, 0.3) is 0 Å². The summed E-state index contributed by atoms with van der Waals surface area (Å²) in [5.74, 6) is -1.37. The van der Waals surface area contributed by atoms with E-state index in [1.165, 1.54) is 6.07 Å². The highest BCUT2D eigenvalue weighted by Crippen LogP contribution is 2.25. The molecule has 0 saturated carbocycles. The Hall–Kier alpha value is -2.64. The maximum absolute atomic E-state index is 10.8. The van der Waals surface area contributed by atoms with Crippen molar-refractivity contribution in [2.75, 3.05) is 0 Å². The molecule has 94 valence electrons. The first kappa shape index (κ1) is 12.8. The summed E-state index contributed by atoms with van der Waals surface area (Å²) >= 11 is 0. The van der Waals surface area contributed by atoms with Crippen molar-refractivity contribution in [1.29, 1.82) is 5.26 Å². The van der Waals surface area contributed by atoms with Gasteiger partial charge in [0.2, 0.25) is 0 Å². The normalized spacial score (nSPS) is 11.6. The predicted octanol–water partition coefficient (Wildman–Crippen LogP) is 2.34. The number of carbonyl (C=O) groups is 1. The smallest absolute Gasteiger partial charge is 0.337 e. The molecule has 0 aromatic heterocycles. The van der Waals surface area contributed by atoms with E-state index < -0.39 is 12.1 Å². The number of aliphatic hydroxyl groups is 1. The highest BCUT2D eigenvalue weighted by molar-refractivity contribution is 5.76. The Morgan fingerprint density at radius 3 is 2.37 bits per heavy atom. The molecule has 0 heterocycles. The van der Waals surface area contributed by atoms with Crippen molar-refractivity contribution < 1.29 is 15.0 Å². The molecule has 2 aromatic rings. The summed E-state index contributed by atoms with van der Waals surface area (Å²) < 4.78 is 0. The molecule has 0 saturated heterocycles. The average molecular weight is 253 g/mol. The van der Waals surface area contributed by atoms with Crippen molar-refractivity contribution in [1.82, 2.24) is 0 Å². The van der Waals surface area contributed by atoms with Crippen LogP contribution in [0.2, 0.25) is 0 Å². The number of carboxylic acids is 1. The van der Waals surface area contributed by atoms with Gasteiger partial charge in [-0.1, -0.05) is 42.5 Å². The van der Waals surface area contributed by atoms with Gasteiger partial charge >= 0.3 is 5.97 Å². The number of nitrogens with zero attached hydrogens (tertiary/aromatic N) is 1. The SMILES string of the molecule is N#Cc1cc(-c2ccccc2)ccc1C(O)C(=O)O. The predicted molar refractivity (Wildman–Crippen MR) is 69.2 cm³/mol. The highest BCUT2D eigenvalue weighted by Gasteiger charge is 2.19. The summed E-state index contributed by atoms with van der Waals surface area (Å²) in [5.41, 5.74) is 2.00. The van der Waals surface area contributed by atoms with E-state index in [1.54, 1.807) is 12.1 Å². The van der Waals surface area contributed by atoms with E-state index in [0.29, 0.717) is 0 Å². The Morgan fingerprint density at radius 2 is 1.79 bits per heavy atom. The molecular weight excluding hydrogens is 242 g/mol. The summed E-state index contributed by atoms with van der Waals surface area (Å²) in [7, 11) is 0. The monoisotopic (exact) mass is 253 g/mol. The topological polar surface area (TPSA) is 81.3 Å². The molecule has 1 atom stereocenters. The van der Waals surface area contributed by atoms with Crippen LogP contribution < -0.4 is 0 Å². The molecular formula is C15H11NO3. The summed E-state index contributed by atoms with van der Waals surface area (Å²) in [5, 5.41) is 27.4. The molecule has 0 aliphatic heterocycles. The Bertz CT molecular complexity index is 644. The first-order valence-corrected chi connectivity index (χ1v) is 5.64. The second-order valence-electron chi connectivity index (χ2n) is 4.02. The van der Waals surface area contributed by atoms with E-state index in [-0.39, 0.29) is 11.1 Å². The molecule has 0 radical (unpaired) electrons. The maximum Gasteiger partial charge on any atom is 0.337 e. The molecule has 0 spiro atoms. The summed E-state index contributed by atoms with van der Waals surface area (Å²) in [6, 6.07) is 16.1. The summed E-state index contributed by atoms with van der Waals surface area (Å²) in [6.45, 7) is 0. The van der Waals surface area contributed by atoms with Gasteiger partial charge in [-0.15, -0.1) is 0 Å². The molecule has 2 rings (SSSR count). The fourth-order valence-corrected chi connectivity index (χ4v) is 1.83. The maximum atomic E-state index is 10.8. The minimum atomic E-state index is -1.68. The zero-order valence-corrected chi connectivity index (χ0v) is 9.95. The molecule has 2 N–H and O–H groups in total. The number of nitriles is 1. The van der Waals surface area contributed by atoms with Gasteiger partial charge in [-0.05, 0) is 17.2 Å². The Balaban J connectivity index is 2.49. The molecule has 0 aliphatic carbocycles. The van der Waals surface area contributed by atoms with E-state index >= 15 is 0 Å². The van der Waals surface area contributed by atoms with Gasteiger partial charge in [-0.3, -0.25) is 0 Å². The van der Waals surface area contributed by atoms with Gasteiger partial charge in [0.15, 0.2) is 6.10 Å². The molecule has 0 bridgehead atoms. The third-order valence-electron chi connectivity index (χ3n) is 2.81. The fraction of sp³-hybridized carbons (Fsp3) is 0.0667. The van der Waals surface area contributed by atoms with Gasteiger partial charge in [-0.2, -0.15) is 5.26 Å². The van der Waals surface area contributed by atoms with E-state index in [9.17, 15) is 9.90 Å². The van der Waals surface area contributed by atoms with E-state index in [4.69, 9.17) is 10.4 Å². The van der Waals surface area contributed by atoms with Crippen molar-refractivity contribution in [2.45, 2.75) is 6.10 Å². The fourth-order valence-electron chi connectivity index (χ4n) is 1.83. The number of aliphatic hydroxyl groups excluding tert-OH is 1. The second-order valence-corrected chi connectivity index (χ2v) is 4.02. The van der Waals surface area contributed by atoms with Gasteiger partial charge in [-0.25, -0.2) is 4.79 Å². The Kier molecular flexibility index (Phi) is 3.60. The van der Waals surface area contributed by atoms with Crippen LogP contribution in [-0.4, -0.2) is 16.2 Å². The van der Waals surface area contributed by atoms with Crippen LogP contribution in [0.25, 0.3) is 11.1 Å². The average Bonchev–Trinajstić information content (AvgIpc) is 2.46. The standard InChI is InChI=1S/C15H11NO3/c16-9-12-8-11(10-4-2-1-3-5-10)6-7-13(12)14(17)15(18)19/h1-8,14,17H,(H,18,19). The zero-order valence-electron chi connectivity index (χ0n) is 9.95. The Morgan fingerprint density at radius 1 is 1.11 bits per heavy atom.